The summed E-state index contributed by atoms with van der Waals surface area (Å²) in [6.45, 7) is 2.36. The molecule has 1 aliphatic heterocycles. The van der Waals surface area contributed by atoms with Gasteiger partial charge in [0, 0.05) is 18.7 Å². The van der Waals surface area contributed by atoms with E-state index in [0.717, 1.165) is 30.8 Å². The molecule has 1 atom stereocenters. The Hall–Kier alpha value is -1.75. The highest BCUT2D eigenvalue weighted by Gasteiger charge is 2.16. The highest BCUT2D eigenvalue weighted by Crippen LogP contribution is 2.24. The Balaban J connectivity index is 1.44. The first-order valence-electron chi connectivity index (χ1n) is 8.30. The van der Waals surface area contributed by atoms with Gasteiger partial charge in [0.1, 0.15) is 0 Å². The second-order valence-corrected chi connectivity index (χ2v) is 6.89. The summed E-state index contributed by atoms with van der Waals surface area (Å²) in [6.07, 6.45) is 1.27. The molecule has 1 heterocycles. The summed E-state index contributed by atoms with van der Waals surface area (Å²) in [6, 6.07) is 13.3. The summed E-state index contributed by atoms with van der Waals surface area (Å²) < 4.78 is 5.21. The van der Waals surface area contributed by atoms with Crippen molar-refractivity contribution >= 4 is 35.0 Å². The number of carbonyl (C=O) groups is 1. The topological polar surface area (TPSA) is 50.4 Å². The fraction of sp³-hybridized carbons (Fsp3) is 0.316. The highest BCUT2D eigenvalue weighted by molar-refractivity contribution is 6.42. The molecule has 132 valence electrons. The molecule has 1 amide bonds. The van der Waals surface area contributed by atoms with E-state index in [-0.39, 0.29) is 6.61 Å². The van der Waals surface area contributed by atoms with Crippen LogP contribution >= 0.6 is 23.2 Å². The van der Waals surface area contributed by atoms with Crippen LogP contribution in [0, 0.1) is 0 Å². The number of ether oxygens (including phenoxy) is 1. The minimum atomic E-state index is -0.463. The first kappa shape index (κ1) is 18.1. The van der Waals surface area contributed by atoms with Crippen LogP contribution in [0.1, 0.15) is 23.5 Å². The van der Waals surface area contributed by atoms with Crippen molar-refractivity contribution in [3.05, 3.63) is 63.6 Å². The van der Waals surface area contributed by atoms with Gasteiger partial charge in [0.05, 0.1) is 16.7 Å². The molecule has 1 aliphatic rings. The summed E-state index contributed by atoms with van der Waals surface area (Å²) in [5.74, 6) is 0.562. The van der Waals surface area contributed by atoms with Crippen LogP contribution in [0.3, 0.4) is 0 Å². The van der Waals surface area contributed by atoms with E-state index in [1.54, 1.807) is 12.1 Å². The van der Waals surface area contributed by atoms with Crippen LogP contribution in [0.2, 0.25) is 10.0 Å². The second-order valence-electron chi connectivity index (χ2n) is 6.07. The number of halogens is 2. The lowest BCUT2D eigenvalue weighted by Gasteiger charge is -2.11. The van der Waals surface area contributed by atoms with Gasteiger partial charge in [0.25, 0.3) is 0 Å². The van der Waals surface area contributed by atoms with Gasteiger partial charge in [0.2, 0.25) is 0 Å². The number of nitrogens with one attached hydrogen (secondary N) is 2. The fourth-order valence-corrected chi connectivity index (χ4v) is 3.21. The zero-order chi connectivity index (χ0) is 17.6. The van der Waals surface area contributed by atoms with E-state index in [1.165, 1.54) is 5.56 Å². The van der Waals surface area contributed by atoms with Crippen molar-refractivity contribution in [2.45, 2.75) is 18.8 Å². The summed E-state index contributed by atoms with van der Waals surface area (Å²) >= 11 is 11.8. The standard InChI is InChI=1S/C19H20Cl2N2O2/c20-17-6-1-13(11-18(17)21)8-10-25-19(24)23-16-4-2-14(3-5-16)15-7-9-22-12-15/h1-6,11,15,22H,7-10,12H2,(H,23,24). The van der Waals surface area contributed by atoms with E-state index < -0.39 is 6.09 Å². The van der Waals surface area contributed by atoms with Crippen molar-refractivity contribution in [1.82, 2.24) is 5.32 Å². The number of amides is 1. The number of hydrogen-bond donors (Lipinski definition) is 2. The lowest BCUT2D eigenvalue weighted by Crippen LogP contribution is -2.15. The van der Waals surface area contributed by atoms with Gasteiger partial charge in [0.15, 0.2) is 0 Å². The third-order valence-electron chi connectivity index (χ3n) is 4.30. The molecule has 4 nitrogen and oxygen atoms in total. The summed E-state index contributed by atoms with van der Waals surface area (Å²) in [5, 5.41) is 7.11. The van der Waals surface area contributed by atoms with Gasteiger partial charge in [-0.1, -0.05) is 41.4 Å². The quantitative estimate of drug-likeness (QED) is 0.780. The Morgan fingerprint density at radius 1 is 1.16 bits per heavy atom. The maximum Gasteiger partial charge on any atom is 0.411 e. The Bertz CT molecular complexity index is 729. The first-order valence-corrected chi connectivity index (χ1v) is 9.06. The van der Waals surface area contributed by atoms with Gasteiger partial charge >= 0.3 is 6.09 Å². The van der Waals surface area contributed by atoms with Crippen molar-refractivity contribution in [2.24, 2.45) is 0 Å². The first-order chi connectivity index (χ1) is 12.1. The van der Waals surface area contributed by atoms with E-state index in [2.05, 4.69) is 22.8 Å². The predicted molar refractivity (Wildman–Crippen MR) is 102 cm³/mol. The smallest absolute Gasteiger partial charge is 0.411 e. The van der Waals surface area contributed by atoms with Crippen molar-refractivity contribution in [2.75, 3.05) is 25.0 Å². The zero-order valence-corrected chi connectivity index (χ0v) is 15.2. The van der Waals surface area contributed by atoms with Crippen molar-refractivity contribution < 1.29 is 9.53 Å². The van der Waals surface area contributed by atoms with Gasteiger partial charge in [-0.2, -0.15) is 0 Å². The van der Waals surface area contributed by atoms with E-state index in [4.69, 9.17) is 27.9 Å². The minimum absolute atomic E-state index is 0.273. The van der Waals surface area contributed by atoms with Crippen molar-refractivity contribution in [1.29, 1.82) is 0 Å². The van der Waals surface area contributed by atoms with Gasteiger partial charge in [-0.05, 0) is 54.3 Å². The average molecular weight is 379 g/mol. The molecule has 0 radical (unpaired) electrons. The van der Waals surface area contributed by atoms with Crippen molar-refractivity contribution in [3.63, 3.8) is 0 Å². The Morgan fingerprint density at radius 3 is 2.64 bits per heavy atom. The molecule has 0 saturated carbocycles. The van der Waals surface area contributed by atoms with Gasteiger partial charge < -0.3 is 10.1 Å². The van der Waals surface area contributed by atoms with Crippen LogP contribution in [0.25, 0.3) is 0 Å². The zero-order valence-electron chi connectivity index (χ0n) is 13.7. The largest absolute Gasteiger partial charge is 0.449 e. The number of benzene rings is 2. The Morgan fingerprint density at radius 2 is 1.96 bits per heavy atom. The molecule has 2 aromatic carbocycles. The molecule has 6 heteroatoms. The maximum absolute atomic E-state index is 11.9. The normalized spacial score (nSPS) is 16.6. The number of anilines is 1. The number of carbonyl (C=O) groups excluding carboxylic acids is 1. The lowest BCUT2D eigenvalue weighted by atomic mass is 9.98. The Kier molecular flexibility index (Phi) is 6.19. The molecule has 3 rings (SSSR count). The van der Waals surface area contributed by atoms with E-state index >= 15 is 0 Å². The molecule has 2 aromatic rings. The van der Waals surface area contributed by atoms with Crippen molar-refractivity contribution in [3.8, 4) is 0 Å². The van der Waals surface area contributed by atoms with Crippen LogP contribution < -0.4 is 10.6 Å². The second kappa shape index (κ2) is 8.56. The highest BCUT2D eigenvalue weighted by atomic mass is 35.5. The fourth-order valence-electron chi connectivity index (χ4n) is 2.89. The number of hydrogen-bond acceptors (Lipinski definition) is 3. The molecule has 25 heavy (non-hydrogen) atoms. The third-order valence-corrected chi connectivity index (χ3v) is 5.04. The predicted octanol–water partition coefficient (Wildman–Crippen LogP) is 4.86. The summed E-state index contributed by atoms with van der Waals surface area (Å²) in [7, 11) is 0. The molecule has 0 spiro atoms. The SMILES string of the molecule is O=C(Nc1ccc(C2CCNC2)cc1)OCCc1ccc(Cl)c(Cl)c1. The van der Waals surface area contributed by atoms with E-state index in [0.29, 0.717) is 22.4 Å². The van der Waals surface area contributed by atoms with Crippen LogP contribution in [0.4, 0.5) is 10.5 Å². The lowest BCUT2D eigenvalue weighted by molar-refractivity contribution is 0.163. The molecule has 2 N–H and O–H groups in total. The molecule has 0 aromatic heterocycles. The van der Waals surface area contributed by atoms with Crippen LogP contribution in [0.15, 0.2) is 42.5 Å². The van der Waals surface area contributed by atoms with Gasteiger partial charge in [-0.25, -0.2) is 4.79 Å². The third kappa shape index (κ3) is 5.11. The molecule has 1 saturated heterocycles. The molecule has 0 bridgehead atoms. The van der Waals surface area contributed by atoms with E-state index in [1.807, 2.05) is 18.2 Å². The molecular formula is C19H20Cl2N2O2. The van der Waals surface area contributed by atoms with Crippen LogP contribution in [-0.2, 0) is 11.2 Å². The molecule has 1 fully saturated rings. The minimum Gasteiger partial charge on any atom is -0.449 e. The summed E-state index contributed by atoms with van der Waals surface area (Å²) in [5.41, 5.74) is 2.99. The average Bonchev–Trinajstić information content (AvgIpc) is 3.13. The van der Waals surface area contributed by atoms with E-state index in [9.17, 15) is 4.79 Å². The summed E-state index contributed by atoms with van der Waals surface area (Å²) in [4.78, 5) is 11.9. The van der Waals surface area contributed by atoms with Crippen LogP contribution in [0.5, 0.6) is 0 Å². The maximum atomic E-state index is 11.9. The van der Waals surface area contributed by atoms with Crippen LogP contribution in [-0.4, -0.2) is 25.8 Å². The van der Waals surface area contributed by atoms with Gasteiger partial charge in [-0.3, -0.25) is 5.32 Å². The monoisotopic (exact) mass is 378 g/mol. The number of rotatable bonds is 5. The molecular weight excluding hydrogens is 359 g/mol. The molecule has 1 unspecified atom stereocenters. The van der Waals surface area contributed by atoms with Gasteiger partial charge in [-0.15, -0.1) is 0 Å². The Labute approximate surface area is 157 Å². The molecule has 0 aliphatic carbocycles.